The molecule has 4 nitrogen and oxygen atoms in total. The minimum atomic E-state index is -0.287. The van der Waals surface area contributed by atoms with Crippen LogP contribution in [0.2, 0.25) is 0 Å². The molecule has 1 aromatic heterocycles. The molecule has 92 valence electrons. The molecule has 1 aromatic rings. The third-order valence-electron chi connectivity index (χ3n) is 3.27. The van der Waals surface area contributed by atoms with Crippen LogP contribution in [-0.2, 0) is 0 Å². The molecule has 0 aromatic carbocycles. The fraction of sp³-hybridized carbons (Fsp3) is 0.538. The van der Waals surface area contributed by atoms with Gasteiger partial charge in [-0.1, -0.05) is 19.3 Å². The Morgan fingerprint density at radius 2 is 2.18 bits per heavy atom. The summed E-state index contributed by atoms with van der Waals surface area (Å²) in [5.74, 6) is 0.538. The van der Waals surface area contributed by atoms with Crippen molar-refractivity contribution in [2.45, 2.75) is 39.0 Å². The molecule has 0 bridgehead atoms. The van der Waals surface area contributed by atoms with E-state index in [0.717, 1.165) is 5.71 Å². The first kappa shape index (κ1) is 11.9. The van der Waals surface area contributed by atoms with Crippen LogP contribution in [-0.4, -0.2) is 11.6 Å². The first-order valence-corrected chi connectivity index (χ1v) is 6.15. The molecule has 1 aliphatic carbocycles. The molecule has 1 saturated carbocycles. The van der Waals surface area contributed by atoms with Gasteiger partial charge in [0, 0.05) is 5.71 Å². The smallest absolute Gasteiger partial charge is 0.307 e. The Hall–Kier alpha value is -1.58. The third kappa shape index (κ3) is 3.19. The highest BCUT2D eigenvalue weighted by Gasteiger charge is 2.16. The van der Waals surface area contributed by atoms with E-state index in [-0.39, 0.29) is 5.91 Å². The fourth-order valence-corrected chi connectivity index (χ4v) is 2.21. The van der Waals surface area contributed by atoms with Crippen LogP contribution < -0.4 is 5.43 Å². The van der Waals surface area contributed by atoms with Gasteiger partial charge in [0.15, 0.2) is 5.76 Å². The molecule has 1 fully saturated rings. The van der Waals surface area contributed by atoms with Crippen molar-refractivity contribution in [2.75, 3.05) is 0 Å². The van der Waals surface area contributed by atoms with E-state index in [2.05, 4.69) is 10.5 Å². The Balaban J connectivity index is 1.89. The van der Waals surface area contributed by atoms with Crippen molar-refractivity contribution in [1.29, 1.82) is 0 Å². The van der Waals surface area contributed by atoms with E-state index in [1.165, 1.54) is 38.4 Å². The van der Waals surface area contributed by atoms with E-state index in [1.807, 2.05) is 6.92 Å². The van der Waals surface area contributed by atoms with Crippen molar-refractivity contribution < 1.29 is 9.21 Å². The van der Waals surface area contributed by atoms with E-state index in [4.69, 9.17) is 4.42 Å². The predicted molar refractivity (Wildman–Crippen MR) is 65.9 cm³/mol. The summed E-state index contributed by atoms with van der Waals surface area (Å²) in [6.07, 6.45) is 7.71. The molecule has 1 heterocycles. The van der Waals surface area contributed by atoms with Crippen LogP contribution in [0.1, 0.15) is 49.6 Å². The zero-order valence-electron chi connectivity index (χ0n) is 10.1. The number of hydrogen-bond donors (Lipinski definition) is 1. The minimum absolute atomic E-state index is 0.287. The summed E-state index contributed by atoms with van der Waals surface area (Å²) in [6.45, 7) is 1.98. The lowest BCUT2D eigenvalue weighted by molar-refractivity contribution is 0.0927. The van der Waals surface area contributed by atoms with Gasteiger partial charge < -0.3 is 4.42 Å². The molecule has 4 heteroatoms. The van der Waals surface area contributed by atoms with Gasteiger partial charge in [-0.05, 0) is 37.8 Å². The second kappa shape index (κ2) is 5.66. The van der Waals surface area contributed by atoms with Gasteiger partial charge >= 0.3 is 5.91 Å². The standard InChI is InChI=1S/C13H18N2O2/c1-10(11-6-3-2-4-7-11)14-15-13(16)12-8-5-9-17-12/h5,8-9,11H,2-4,6-7H2,1H3,(H,15,16). The lowest BCUT2D eigenvalue weighted by Crippen LogP contribution is -2.22. The number of carbonyl (C=O) groups is 1. The van der Waals surface area contributed by atoms with Gasteiger partial charge in [-0.3, -0.25) is 4.79 Å². The number of carbonyl (C=O) groups excluding carboxylic acids is 1. The number of nitrogens with one attached hydrogen (secondary N) is 1. The van der Waals surface area contributed by atoms with Gasteiger partial charge in [0.25, 0.3) is 0 Å². The van der Waals surface area contributed by atoms with Crippen LogP contribution in [0.5, 0.6) is 0 Å². The highest BCUT2D eigenvalue weighted by Crippen LogP contribution is 2.24. The Morgan fingerprint density at radius 1 is 1.41 bits per heavy atom. The van der Waals surface area contributed by atoms with Crippen LogP contribution in [0.25, 0.3) is 0 Å². The van der Waals surface area contributed by atoms with Crippen molar-refractivity contribution in [3.05, 3.63) is 24.2 Å². The average molecular weight is 234 g/mol. The lowest BCUT2D eigenvalue weighted by Gasteiger charge is -2.20. The van der Waals surface area contributed by atoms with Crippen LogP contribution in [0.15, 0.2) is 27.9 Å². The molecule has 1 N–H and O–H groups in total. The highest BCUT2D eigenvalue weighted by molar-refractivity contribution is 5.93. The van der Waals surface area contributed by atoms with Crippen LogP contribution in [0, 0.1) is 5.92 Å². The van der Waals surface area contributed by atoms with Crippen LogP contribution in [0.3, 0.4) is 0 Å². The number of hydrogen-bond acceptors (Lipinski definition) is 3. The van der Waals surface area contributed by atoms with Gasteiger partial charge in [-0.15, -0.1) is 0 Å². The van der Waals surface area contributed by atoms with E-state index >= 15 is 0 Å². The van der Waals surface area contributed by atoms with Gasteiger partial charge in [0.2, 0.25) is 0 Å². The molecule has 0 unspecified atom stereocenters. The van der Waals surface area contributed by atoms with Crippen molar-refractivity contribution in [1.82, 2.24) is 5.43 Å². The Bertz CT molecular complexity index is 390. The number of furan rings is 1. The molecule has 0 atom stereocenters. The zero-order chi connectivity index (χ0) is 12.1. The maximum absolute atomic E-state index is 11.6. The van der Waals surface area contributed by atoms with E-state index in [0.29, 0.717) is 11.7 Å². The van der Waals surface area contributed by atoms with Gasteiger partial charge in [0.05, 0.1) is 6.26 Å². The molecule has 0 saturated heterocycles. The molecule has 0 spiro atoms. The molecular weight excluding hydrogens is 216 g/mol. The van der Waals surface area contributed by atoms with E-state index in [9.17, 15) is 4.79 Å². The summed E-state index contributed by atoms with van der Waals surface area (Å²) in [7, 11) is 0. The number of hydrazone groups is 1. The zero-order valence-corrected chi connectivity index (χ0v) is 10.1. The SMILES string of the molecule is CC(=NNC(=O)c1ccco1)C1CCCCC1. The molecule has 0 radical (unpaired) electrons. The maximum Gasteiger partial charge on any atom is 0.307 e. The van der Waals surface area contributed by atoms with Crippen molar-refractivity contribution in [2.24, 2.45) is 11.0 Å². The lowest BCUT2D eigenvalue weighted by atomic mass is 9.86. The fourth-order valence-electron chi connectivity index (χ4n) is 2.21. The monoisotopic (exact) mass is 234 g/mol. The van der Waals surface area contributed by atoms with Gasteiger partial charge in [0.1, 0.15) is 0 Å². The van der Waals surface area contributed by atoms with E-state index < -0.39 is 0 Å². The number of nitrogens with zero attached hydrogens (tertiary/aromatic N) is 1. The summed E-state index contributed by atoms with van der Waals surface area (Å²) >= 11 is 0. The first-order valence-electron chi connectivity index (χ1n) is 6.15. The van der Waals surface area contributed by atoms with E-state index in [1.54, 1.807) is 12.1 Å². The largest absolute Gasteiger partial charge is 0.459 e. The normalized spacial score (nSPS) is 18.1. The second-order valence-corrected chi connectivity index (χ2v) is 4.51. The maximum atomic E-state index is 11.6. The van der Waals surface area contributed by atoms with Crippen molar-refractivity contribution in [3.63, 3.8) is 0 Å². The van der Waals surface area contributed by atoms with Crippen molar-refractivity contribution in [3.8, 4) is 0 Å². The van der Waals surface area contributed by atoms with Crippen LogP contribution in [0.4, 0.5) is 0 Å². The first-order chi connectivity index (χ1) is 8.27. The Morgan fingerprint density at radius 3 is 2.82 bits per heavy atom. The summed E-state index contributed by atoms with van der Waals surface area (Å²) in [4.78, 5) is 11.6. The molecule has 2 rings (SSSR count). The number of amides is 1. The Labute approximate surface area is 101 Å². The summed E-state index contributed by atoms with van der Waals surface area (Å²) < 4.78 is 4.99. The molecule has 1 amide bonds. The highest BCUT2D eigenvalue weighted by atomic mass is 16.3. The topological polar surface area (TPSA) is 54.6 Å². The predicted octanol–water partition coefficient (Wildman–Crippen LogP) is 2.97. The van der Waals surface area contributed by atoms with Crippen LogP contribution >= 0.6 is 0 Å². The molecule has 0 aliphatic heterocycles. The quantitative estimate of drug-likeness (QED) is 0.645. The molecule has 17 heavy (non-hydrogen) atoms. The third-order valence-corrected chi connectivity index (χ3v) is 3.27. The van der Waals surface area contributed by atoms with Gasteiger partial charge in [-0.25, -0.2) is 5.43 Å². The molecule has 1 aliphatic rings. The summed E-state index contributed by atoms with van der Waals surface area (Å²) in [5.41, 5.74) is 3.56. The average Bonchev–Trinajstić information content (AvgIpc) is 2.90. The Kier molecular flexibility index (Phi) is 3.96. The molecular formula is C13H18N2O2. The van der Waals surface area contributed by atoms with Crippen molar-refractivity contribution >= 4 is 11.6 Å². The number of rotatable bonds is 3. The van der Waals surface area contributed by atoms with Gasteiger partial charge in [-0.2, -0.15) is 5.10 Å². The summed E-state index contributed by atoms with van der Waals surface area (Å²) in [6, 6.07) is 3.31. The second-order valence-electron chi connectivity index (χ2n) is 4.51. The minimum Gasteiger partial charge on any atom is -0.459 e. The summed E-state index contributed by atoms with van der Waals surface area (Å²) in [5, 5.41) is 4.16.